The quantitative estimate of drug-likeness (QED) is 0.796. The van der Waals surface area contributed by atoms with Gasteiger partial charge in [-0.15, -0.1) is 5.10 Å². The number of aromatic nitrogens is 4. The molecule has 0 radical (unpaired) electrons. The second-order valence-corrected chi connectivity index (χ2v) is 3.02. The Morgan fingerprint density at radius 2 is 2.40 bits per heavy atom. The van der Waals surface area contributed by atoms with Gasteiger partial charge in [-0.3, -0.25) is 0 Å². The minimum atomic E-state index is 0.629. The zero-order chi connectivity index (χ0) is 10.5. The molecule has 0 aliphatic carbocycles. The molecule has 6 nitrogen and oxygen atoms in total. The highest BCUT2D eigenvalue weighted by atomic mass is 16.5. The van der Waals surface area contributed by atoms with Crippen molar-refractivity contribution in [2.45, 2.75) is 13.3 Å². The molecule has 0 unspecified atom stereocenters. The maximum atomic E-state index is 4.97. The Hall–Kier alpha value is -1.98. The van der Waals surface area contributed by atoms with Gasteiger partial charge in [0.15, 0.2) is 5.82 Å². The van der Waals surface area contributed by atoms with E-state index in [1.54, 1.807) is 13.1 Å². The molecule has 0 saturated heterocycles. The van der Waals surface area contributed by atoms with Crippen LogP contribution in [0.15, 0.2) is 22.9 Å². The first-order chi connectivity index (χ1) is 7.34. The van der Waals surface area contributed by atoms with Crippen LogP contribution in [0.1, 0.15) is 11.7 Å². The minimum absolute atomic E-state index is 0.629. The molecular weight excluding hydrogens is 194 g/mol. The molecular formula is C9H11N5O. The van der Waals surface area contributed by atoms with E-state index in [9.17, 15) is 0 Å². The Morgan fingerprint density at radius 1 is 1.47 bits per heavy atom. The van der Waals surface area contributed by atoms with Crippen LogP contribution in [0.25, 0.3) is 0 Å². The monoisotopic (exact) mass is 205 g/mol. The first-order valence-electron chi connectivity index (χ1n) is 4.65. The topological polar surface area (TPSA) is 76.7 Å². The molecule has 0 fully saturated rings. The molecule has 2 aromatic rings. The fraction of sp³-hybridized carbons (Fsp3) is 0.333. The van der Waals surface area contributed by atoms with Crippen LogP contribution in [0, 0.1) is 6.92 Å². The van der Waals surface area contributed by atoms with Gasteiger partial charge in [-0.25, -0.2) is 0 Å². The largest absolute Gasteiger partial charge is 0.368 e. The lowest BCUT2D eigenvalue weighted by Gasteiger charge is -2.00. The Balaban J connectivity index is 1.80. The average molecular weight is 205 g/mol. The molecule has 2 heterocycles. The number of rotatable bonds is 4. The van der Waals surface area contributed by atoms with Gasteiger partial charge >= 0.3 is 0 Å². The Morgan fingerprint density at radius 3 is 3.07 bits per heavy atom. The molecule has 0 atom stereocenters. The number of nitrogens with one attached hydrogen (secondary N) is 1. The predicted octanol–water partition coefficient (Wildman–Crippen LogP) is 0.823. The lowest BCUT2D eigenvalue weighted by Crippen LogP contribution is -2.06. The van der Waals surface area contributed by atoms with Gasteiger partial charge < -0.3 is 9.84 Å². The molecule has 0 bridgehead atoms. The van der Waals surface area contributed by atoms with Gasteiger partial charge in [-0.05, 0) is 19.1 Å². The van der Waals surface area contributed by atoms with E-state index in [4.69, 9.17) is 4.52 Å². The Bertz CT molecular complexity index is 413. The van der Waals surface area contributed by atoms with Crippen molar-refractivity contribution in [2.24, 2.45) is 0 Å². The summed E-state index contributed by atoms with van der Waals surface area (Å²) in [6, 6.07) is 3.68. The molecule has 2 rings (SSSR count). The number of anilines is 1. The first kappa shape index (κ1) is 9.57. The molecule has 0 aliphatic heterocycles. The minimum Gasteiger partial charge on any atom is -0.368 e. The van der Waals surface area contributed by atoms with Crippen molar-refractivity contribution in [1.29, 1.82) is 0 Å². The van der Waals surface area contributed by atoms with Crippen LogP contribution in [0.5, 0.6) is 0 Å². The maximum Gasteiger partial charge on any atom is 0.228 e. The van der Waals surface area contributed by atoms with Crippen molar-refractivity contribution in [3.63, 3.8) is 0 Å². The van der Waals surface area contributed by atoms with Crippen LogP contribution >= 0.6 is 0 Å². The van der Waals surface area contributed by atoms with Crippen LogP contribution < -0.4 is 5.32 Å². The molecule has 0 spiro atoms. The third kappa shape index (κ3) is 2.73. The lowest BCUT2D eigenvalue weighted by atomic mass is 10.4. The Kier molecular flexibility index (Phi) is 2.87. The molecule has 0 aromatic carbocycles. The van der Waals surface area contributed by atoms with Crippen LogP contribution in [-0.2, 0) is 6.42 Å². The second-order valence-electron chi connectivity index (χ2n) is 3.02. The van der Waals surface area contributed by atoms with E-state index in [1.807, 2.05) is 12.1 Å². The molecule has 78 valence electrons. The highest BCUT2D eigenvalue weighted by molar-refractivity contribution is 5.31. The zero-order valence-electron chi connectivity index (χ0n) is 8.34. The second kappa shape index (κ2) is 4.50. The summed E-state index contributed by atoms with van der Waals surface area (Å²) in [5.74, 6) is 2.03. The van der Waals surface area contributed by atoms with Gasteiger partial charge in [-0.1, -0.05) is 5.16 Å². The van der Waals surface area contributed by atoms with Crippen molar-refractivity contribution >= 4 is 5.82 Å². The van der Waals surface area contributed by atoms with E-state index in [2.05, 4.69) is 25.7 Å². The van der Waals surface area contributed by atoms with Gasteiger partial charge in [0.05, 0.1) is 0 Å². The van der Waals surface area contributed by atoms with Gasteiger partial charge in [0.25, 0.3) is 0 Å². The summed E-state index contributed by atoms with van der Waals surface area (Å²) < 4.78 is 4.97. The number of hydrogen-bond donors (Lipinski definition) is 1. The van der Waals surface area contributed by atoms with Crippen molar-refractivity contribution in [3.05, 3.63) is 30.0 Å². The van der Waals surface area contributed by atoms with Gasteiger partial charge in [-0.2, -0.15) is 10.1 Å². The zero-order valence-corrected chi connectivity index (χ0v) is 8.34. The van der Waals surface area contributed by atoms with Gasteiger partial charge in [0, 0.05) is 19.2 Å². The van der Waals surface area contributed by atoms with Gasteiger partial charge in [0.2, 0.25) is 5.89 Å². The van der Waals surface area contributed by atoms with E-state index in [-0.39, 0.29) is 0 Å². The molecule has 2 aromatic heterocycles. The summed E-state index contributed by atoms with van der Waals surface area (Å²) in [5, 5.41) is 14.4. The summed E-state index contributed by atoms with van der Waals surface area (Å²) in [6.45, 7) is 2.49. The highest BCUT2D eigenvalue weighted by Crippen LogP contribution is 2.00. The third-order valence-corrected chi connectivity index (χ3v) is 1.79. The highest BCUT2D eigenvalue weighted by Gasteiger charge is 2.01. The SMILES string of the molecule is Cc1noc(CCNc2cccnn2)n1. The van der Waals surface area contributed by atoms with E-state index in [1.165, 1.54) is 0 Å². The summed E-state index contributed by atoms with van der Waals surface area (Å²) in [5.41, 5.74) is 0. The lowest BCUT2D eigenvalue weighted by molar-refractivity contribution is 0.377. The van der Waals surface area contributed by atoms with Crippen molar-refractivity contribution in [3.8, 4) is 0 Å². The fourth-order valence-corrected chi connectivity index (χ4v) is 1.13. The molecule has 0 aliphatic rings. The third-order valence-electron chi connectivity index (χ3n) is 1.79. The Labute approximate surface area is 86.7 Å². The summed E-state index contributed by atoms with van der Waals surface area (Å²) in [4.78, 5) is 4.09. The molecule has 6 heteroatoms. The number of aryl methyl sites for hydroxylation is 1. The van der Waals surface area contributed by atoms with E-state index in [0.29, 0.717) is 24.7 Å². The average Bonchev–Trinajstić information content (AvgIpc) is 2.66. The number of hydrogen-bond acceptors (Lipinski definition) is 6. The van der Waals surface area contributed by atoms with Crippen LogP contribution in [-0.4, -0.2) is 26.9 Å². The van der Waals surface area contributed by atoms with E-state index in [0.717, 1.165) is 5.82 Å². The van der Waals surface area contributed by atoms with Crippen LogP contribution in [0.2, 0.25) is 0 Å². The maximum absolute atomic E-state index is 4.97. The van der Waals surface area contributed by atoms with Crippen molar-refractivity contribution < 1.29 is 4.52 Å². The van der Waals surface area contributed by atoms with Crippen molar-refractivity contribution in [1.82, 2.24) is 20.3 Å². The fourth-order valence-electron chi connectivity index (χ4n) is 1.13. The predicted molar refractivity (Wildman–Crippen MR) is 53.3 cm³/mol. The standard InChI is InChI=1S/C9H11N5O/c1-7-12-9(15-14-7)4-6-10-8-3-2-5-11-13-8/h2-3,5H,4,6H2,1H3,(H,10,13). The normalized spacial score (nSPS) is 10.2. The summed E-state index contributed by atoms with van der Waals surface area (Å²) in [7, 11) is 0. The van der Waals surface area contributed by atoms with Gasteiger partial charge in [0.1, 0.15) is 5.82 Å². The van der Waals surface area contributed by atoms with E-state index >= 15 is 0 Å². The van der Waals surface area contributed by atoms with Crippen LogP contribution in [0.3, 0.4) is 0 Å². The molecule has 1 N–H and O–H groups in total. The van der Waals surface area contributed by atoms with Crippen LogP contribution in [0.4, 0.5) is 5.82 Å². The first-order valence-corrected chi connectivity index (χ1v) is 4.65. The molecule has 15 heavy (non-hydrogen) atoms. The van der Waals surface area contributed by atoms with E-state index < -0.39 is 0 Å². The molecule has 0 saturated carbocycles. The summed E-state index contributed by atoms with van der Waals surface area (Å²) >= 11 is 0. The van der Waals surface area contributed by atoms with Crippen molar-refractivity contribution in [2.75, 3.05) is 11.9 Å². The molecule has 0 amide bonds. The number of nitrogens with zero attached hydrogens (tertiary/aromatic N) is 4. The summed E-state index contributed by atoms with van der Waals surface area (Å²) in [6.07, 6.45) is 2.31. The smallest absolute Gasteiger partial charge is 0.228 e.